The molecule has 0 atom stereocenters. The number of para-hydroxylation sites is 1. The second-order valence-electron chi connectivity index (χ2n) is 8.65. The van der Waals surface area contributed by atoms with Crippen molar-refractivity contribution in [3.05, 3.63) is 82.9 Å². The molecule has 2 heterocycles. The molecule has 33 heavy (non-hydrogen) atoms. The summed E-state index contributed by atoms with van der Waals surface area (Å²) in [5.41, 5.74) is 5.07. The monoisotopic (exact) mass is 449 g/mol. The Balaban J connectivity index is 1.47. The normalized spacial score (nSPS) is 15.9. The number of aryl methyl sites for hydroxylation is 2. The van der Waals surface area contributed by atoms with Crippen LogP contribution in [0.25, 0.3) is 5.69 Å². The first-order valence-corrected chi connectivity index (χ1v) is 11.4. The van der Waals surface area contributed by atoms with Gasteiger partial charge in [0.15, 0.2) is 5.96 Å². The van der Waals surface area contributed by atoms with E-state index in [0.717, 1.165) is 41.0 Å². The second kappa shape index (κ2) is 10.2. The molecule has 2 N–H and O–H groups in total. The second-order valence-corrected chi connectivity index (χ2v) is 8.65. The van der Waals surface area contributed by atoms with Gasteiger partial charge in [-0.1, -0.05) is 30.3 Å². The van der Waals surface area contributed by atoms with Crippen LogP contribution < -0.4 is 10.6 Å². The molecule has 1 aliphatic rings. The molecule has 174 valence electrons. The Bertz CT molecular complexity index is 1120. The first-order chi connectivity index (χ1) is 16.0. The summed E-state index contributed by atoms with van der Waals surface area (Å²) in [5.74, 6) is 0.502. The van der Waals surface area contributed by atoms with Crippen molar-refractivity contribution in [3.8, 4) is 5.69 Å². The molecule has 6 nitrogen and oxygen atoms in total. The fraction of sp³-hybridized carbons (Fsp3) is 0.385. The van der Waals surface area contributed by atoms with Gasteiger partial charge >= 0.3 is 0 Å². The molecule has 2 aromatic carbocycles. The quantitative estimate of drug-likeness (QED) is 0.440. The number of hydrogen-bond donors (Lipinski definition) is 2. The van der Waals surface area contributed by atoms with Gasteiger partial charge in [-0.2, -0.15) is 5.10 Å². The summed E-state index contributed by atoms with van der Waals surface area (Å²) in [6.07, 6.45) is 1.67. The summed E-state index contributed by atoms with van der Waals surface area (Å²) >= 11 is 0. The Morgan fingerprint density at radius 1 is 1.09 bits per heavy atom. The highest BCUT2D eigenvalue weighted by Gasteiger charge is 2.35. The van der Waals surface area contributed by atoms with Crippen LogP contribution in [-0.4, -0.2) is 42.5 Å². The number of nitrogens with zero attached hydrogens (tertiary/aromatic N) is 3. The lowest BCUT2D eigenvalue weighted by Crippen LogP contribution is -2.48. The molecule has 7 heteroatoms. The molecule has 0 amide bonds. The van der Waals surface area contributed by atoms with Crippen molar-refractivity contribution in [2.75, 3.05) is 26.8 Å². The molecular formula is C26H32FN5O. The minimum Gasteiger partial charge on any atom is -0.381 e. The standard InChI is InChI=1S/C26H32FN5O/c1-19-15-20(2)32(31-19)24-10-5-4-7-21(24)17-29-25(28-3)30-18-26(11-13-33-14-12-26)22-8-6-9-23(27)16-22/h4-10,15-16H,11-14,17-18H2,1-3H3,(H2,28,29,30). The third-order valence-electron chi connectivity index (χ3n) is 6.38. The number of guanidine groups is 1. The average molecular weight is 450 g/mol. The maximum atomic E-state index is 14.0. The van der Waals surface area contributed by atoms with Gasteiger partial charge < -0.3 is 15.4 Å². The summed E-state index contributed by atoms with van der Waals surface area (Å²) in [7, 11) is 1.76. The Morgan fingerprint density at radius 3 is 2.58 bits per heavy atom. The van der Waals surface area contributed by atoms with Crippen LogP contribution in [0.2, 0.25) is 0 Å². The van der Waals surface area contributed by atoms with Crippen molar-refractivity contribution in [3.63, 3.8) is 0 Å². The molecule has 0 spiro atoms. The van der Waals surface area contributed by atoms with Crippen molar-refractivity contribution in [1.82, 2.24) is 20.4 Å². The van der Waals surface area contributed by atoms with E-state index in [1.807, 2.05) is 29.8 Å². The molecule has 0 radical (unpaired) electrons. The number of ether oxygens (including phenoxy) is 1. The average Bonchev–Trinajstić information content (AvgIpc) is 3.17. The third kappa shape index (κ3) is 5.25. The van der Waals surface area contributed by atoms with Crippen LogP contribution in [0.4, 0.5) is 4.39 Å². The van der Waals surface area contributed by atoms with Gasteiger partial charge in [-0.3, -0.25) is 4.99 Å². The van der Waals surface area contributed by atoms with Gasteiger partial charge in [-0.15, -0.1) is 0 Å². The van der Waals surface area contributed by atoms with Gasteiger partial charge in [-0.25, -0.2) is 9.07 Å². The lowest BCUT2D eigenvalue weighted by Gasteiger charge is -2.38. The van der Waals surface area contributed by atoms with E-state index >= 15 is 0 Å². The molecule has 1 saturated heterocycles. The van der Waals surface area contributed by atoms with Crippen molar-refractivity contribution in [1.29, 1.82) is 0 Å². The fourth-order valence-corrected chi connectivity index (χ4v) is 4.54. The van der Waals surface area contributed by atoms with E-state index in [0.29, 0.717) is 32.3 Å². The Labute approximate surface area is 194 Å². The van der Waals surface area contributed by atoms with E-state index in [1.54, 1.807) is 19.2 Å². The van der Waals surface area contributed by atoms with E-state index in [4.69, 9.17) is 4.74 Å². The molecule has 0 unspecified atom stereocenters. The Hall–Kier alpha value is -3.19. The maximum Gasteiger partial charge on any atom is 0.191 e. The van der Waals surface area contributed by atoms with E-state index < -0.39 is 0 Å². The zero-order chi connectivity index (χ0) is 23.3. The summed E-state index contributed by atoms with van der Waals surface area (Å²) < 4.78 is 21.6. The minimum absolute atomic E-state index is 0.195. The van der Waals surface area contributed by atoms with Gasteiger partial charge in [-0.05, 0) is 62.1 Å². The van der Waals surface area contributed by atoms with Crippen molar-refractivity contribution >= 4 is 5.96 Å². The molecule has 1 aliphatic heterocycles. The van der Waals surface area contributed by atoms with Crippen LogP contribution in [0.15, 0.2) is 59.6 Å². The molecule has 1 fully saturated rings. The third-order valence-corrected chi connectivity index (χ3v) is 6.38. The van der Waals surface area contributed by atoms with Crippen LogP contribution in [0.3, 0.4) is 0 Å². The van der Waals surface area contributed by atoms with Crippen LogP contribution in [0.1, 0.15) is 35.4 Å². The summed E-state index contributed by atoms with van der Waals surface area (Å²) in [6.45, 7) is 6.65. The van der Waals surface area contributed by atoms with Gasteiger partial charge in [0.2, 0.25) is 0 Å². The Kier molecular flexibility index (Phi) is 7.08. The molecular weight excluding hydrogens is 417 g/mol. The van der Waals surface area contributed by atoms with Crippen LogP contribution in [0, 0.1) is 19.7 Å². The number of rotatable bonds is 6. The lowest BCUT2D eigenvalue weighted by molar-refractivity contribution is 0.0513. The predicted molar refractivity (Wildman–Crippen MR) is 129 cm³/mol. The van der Waals surface area contributed by atoms with Gasteiger partial charge in [0.05, 0.1) is 11.4 Å². The van der Waals surface area contributed by atoms with E-state index in [-0.39, 0.29) is 11.2 Å². The molecule has 1 aromatic heterocycles. The molecule has 0 bridgehead atoms. The first-order valence-electron chi connectivity index (χ1n) is 11.4. The number of aromatic nitrogens is 2. The molecule has 3 aromatic rings. The molecule has 0 aliphatic carbocycles. The zero-order valence-electron chi connectivity index (χ0n) is 19.6. The van der Waals surface area contributed by atoms with Gasteiger partial charge in [0, 0.05) is 44.5 Å². The number of hydrogen-bond acceptors (Lipinski definition) is 3. The van der Waals surface area contributed by atoms with Gasteiger partial charge in [0.25, 0.3) is 0 Å². The molecule has 0 saturated carbocycles. The SMILES string of the molecule is CN=C(NCc1ccccc1-n1nc(C)cc1C)NCC1(c2cccc(F)c2)CCOCC1. The Morgan fingerprint density at radius 2 is 1.88 bits per heavy atom. The van der Waals surface area contributed by atoms with E-state index in [1.165, 1.54) is 6.07 Å². The summed E-state index contributed by atoms with van der Waals surface area (Å²) in [4.78, 5) is 4.42. The molecule has 4 rings (SSSR count). The number of aliphatic imine (C=N–C) groups is 1. The van der Waals surface area contributed by atoms with Crippen LogP contribution >= 0.6 is 0 Å². The van der Waals surface area contributed by atoms with Gasteiger partial charge in [0.1, 0.15) is 5.82 Å². The smallest absolute Gasteiger partial charge is 0.191 e. The number of benzene rings is 2. The highest BCUT2D eigenvalue weighted by atomic mass is 19.1. The predicted octanol–water partition coefficient (Wildman–Crippen LogP) is 4.04. The van der Waals surface area contributed by atoms with Crippen LogP contribution in [0.5, 0.6) is 0 Å². The van der Waals surface area contributed by atoms with Crippen molar-refractivity contribution in [2.45, 2.75) is 38.6 Å². The number of nitrogens with one attached hydrogen (secondary N) is 2. The highest BCUT2D eigenvalue weighted by Crippen LogP contribution is 2.34. The largest absolute Gasteiger partial charge is 0.381 e. The fourth-order valence-electron chi connectivity index (χ4n) is 4.54. The minimum atomic E-state index is -0.207. The van der Waals surface area contributed by atoms with E-state index in [2.05, 4.69) is 45.8 Å². The zero-order valence-corrected chi connectivity index (χ0v) is 19.6. The van der Waals surface area contributed by atoms with Crippen molar-refractivity contribution < 1.29 is 9.13 Å². The van der Waals surface area contributed by atoms with E-state index in [9.17, 15) is 4.39 Å². The topological polar surface area (TPSA) is 63.5 Å². The van der Waals surface area contributed by atoms with Crippen molar-refractivity contribution in [2.24, 2.45) is 4.99 Å². The highest BCUT2D eigenvalue weighted by molar-refractivity contribution is 5.79. The summed E-state index contributed by atoms with van der Waals surface area (Å²) in [6, 6.07) is 17.2. The first kappa shape index (κ1) is 23.0. The number of halogens is 1. The van der Waals surface area contributed by atoms with Crippen LogP contribution in [-0.2, 0) is 16.7 Å². The summed E-state index contributed by atoms with van der Waals surface area (Å²) in [5, 5.41) is 11.6. The lowest BCUT2D eigenvalue weighted by atomic mass is 9.74. The maximum absolute atomic E-state index is 14.0.